The molecule has 0 unspecified atom stereocenters. The lowest BCUT2D eigenvalue weighted by atomic mass is 10.2. The molecule has 1 aromatic rings. The molecule has 9 heteroatoms. The van der Waals surface area contributed by atoms with Crippen molar-refractivity contribution in [3.05, 3.63) is 18.2 Å². The Morgan fingerprint density at radius 1 is 1.50 bits per heavy atom. The summed E-state index contributed by atoms with van der Waals surface area (Å²) >= 11 is 0. The lowest BCUT2D eigenvalue weighted by Gasteiger charge is -2.34. The number of hydrogen-bond acceptors (Lipinski definition) is 5. The first kappa shape index (κ1) is 15.4. The van der Waals surface area contributed by atoms with Gasteiger partial charge >= 0.3 is 0 Å². The van der Waals surface area contributed by atoms with Crippen molar-refractivity contribution in [3.8, 4) is 0 Å². The maximum atomic E-state index is 12.6. The van der Waals surface area contributed by atoms with E-state index in [9.17, 15) is 13.2 Å². The molecule has 22 heavy (non-hydrogen) atoms. The van der Waals surface area contributed by atoms with Crippen molar-refractivity contribution >= 4 is 15.9 Å². The van der Waals surface area contributed by atoms with E-state index in [2.05, 4.69) is 4.98 Å². The van der Waals surface area contributed by atoms with Crippen molar-refractivity contribution in [1.29, 1.82) is 0 Å². The second-order valence-corrected chi connectivity index (χ2v) is 7.63. The molecule has 122 valence electrons. The van der Waals surface area contributed by atoms with E-state index in [-0.39, 0.29) is 24.7 Å². The van der Waals surface area contributed by atoms with E-state index in [1.165, 1.54) is 9.37 Å². The fraction of sp³-hybridized carbons (Fsp3) is 0.692. The van der Waals surface area contributed by atoms with Gasteiger partial charge in [-0.1, -0.05) is 6.92 Å². The molecule has 0 saturated carbocycles. The van der Waals surface area contributed by atoms with E-state index in [1.54, 1.807) is 17.1 Å². The SMILES string of the molecule is CCCS(=O)(=O)N1Cc2cncn2[C@@H](C(=O)N2CCCO2)C1. The highest BCUT2D eigenvalue weighted by molar-refractivity contribution is 7.89. The molecule has 1 atom stereocenters. The van der Waals surface area contributed by atoms with Gasteiger partial charge in [0.15, 0.2) is 0 Å². The monoisotopic (exact) mass is 328 g/mol. The summed E-state index contributed by atoms with van der Waals surface area (Å²) in [7, 11) is -3.36. The standard InChI is InChI=1S/C13H20N4O4S/c1-2-6-22(19,20)15-8-11-7-14-10-16(11)12(9-15)13(18)17-4-3-5-21-17/h7,10,12H,2-6,8-9H2,1H3/t12-/m1/s1. The smallest absolute Gasteiger partial charge is 0.270 e. The molecule has 1 amide bonds. The van der Waals surface area contributed by atoms with Crippen LogP contribution in [-0.2, 0) is 26.2 Å². The molecule has 1 saturated heterocycles. The Kier molecular flexibility index (Phi) is 4.20. The molecule has 0 radical (unpaired) electrons. The van der Waals surface area contributed by atoms with Gasteiger partial charge in [-0.05, 0) is 12.8 Å². The number of hydrogen-bond donors (Lipinski definition) is 0. The molecule has 3 heterocycles. The second kappa shape index (κ2) is 5.98. The van der Waals surface area contributed by atoms with Crippen LogP contribution in [0.15, 0.2) is 12.5 Å². The molecule has 1 fully saturated rings. The molecular formula is C13H20N4O4S. The van der Waals surface area contributed by atoms with E-state index in [4.69, 9.17) is 4.84 Å². The number of carbonyl (C=O) groups is 1. The van der Waals surface area contributed by atoms with Gasteiger partial charge in [0.25, 0.3) is 5.91 Å². The highest BCUT2D eigenvalue weighted by Gasteiger charge is 2.38. The summed E-state index contributed by atoms with van der Waals surface area (Å²) in [6.07, 6.45) is 4.54. The van der Waals surface area contributed by atoms with Gasteiger partial charge in [-0.15, -0.1) is 0 Å². The Balaban J connectivity index is 1.88. The number of aromatic nitrogens is 2. The van der Waals surface area contributed by atoms with Crippen LogP contribution in [0.5, 0.6) is 0 Å². The molecule has 0 bridgehead atoms. The molecule has 2 aliphatic rings. The summed E-state index contributed by atoms with van der Waals surface area (Å²) in [5.74, 6) is -0.129. The van der Waals surface area contributed by atoms with Crippen LogP contribution in [0.25, 0.3) is 0 Å². The Morgan fingerprint density at radius 3 is 3.00 bits per heavy atom. The predicted molar refractivity (Wildman–Crippen MR) is 78.0 cm³/mol. The maximum absolute atomic E-state index is 12.6. The van der Waals surface area contributed by atoms with Gasteiger partial charge in [0.2, 0.25) is 10.0 Å². The fourth-order valence-corrected chi connectivity index (χ4v) is 4.32. The van der Waals surface area contributed by atoms with Crippen LogP contribution in [-0.4, -0.2) is 58.7 Å². The number of sulfonamides is 1. The van der Waals surface area contributed by atoms with Crippen LogP contribution in [0.2, 0.25) is 0 Å². The zero-order valence-corrected chi connectivity index (χ0v) is 13.3. The quantitative estimate of drug-likeness (QED) is 0.785. The summed E-state index contributed by atoms with van der Waals surface area (Å²) in [6, 6.07) is -0.615. The van der Waals surface area contributed by atoms with Gasteiger partial charge in [0, 0.05) is 12.7 Å². The van der Waals surface area contributed by atoms with Crippen LogP contribution in [0.3, 0.4) is 0 Å². The summed E-state index contributed by atoms with van der Waals surface area (Å²) in [4.78, 5) is 22.0. The van der Waals surface area contributed by atoms with E-state index < -0.39 is 16.1 Å². The highest BCUT2D eigenvalue weighted by Crippen LogP contribution is 2.26. The van der Waals surface area contributed by atoms with Crippen molar-refractivity contribution in [1.82, 2.24) is 18.9 Å². The number of hydroxylamine groups is 2. The molecule has 0 aliphatic carbocycles. The minimum Gasteiger partial charge on any atom is -0.319 e. The minimum absolute atomic E-state index is 0.0856. The van der Waals surface area contributed by atoms with Crippen LogP contribution < -0.4 is 0 Å². The number of carbonyl (C=O) groups excluding carboxylic acids is 1. The number of rotatable bonds is 4. The molecule has 2 aliphatic heterocycles. The zero-order chi connectivity index (χ0) is 15.7. The number of amides is 1. The number of imidazole rings is 1. The molecule has 3 rings (SSSR count). The van der Waals surface area contributed by atoms with Gasteiger partial charge in [0.05, 0.1) is 37.5 Å². The van der Waals surface area contributed by atoms with Crippen molar-refractivity contribution in [2.75, 3.05) is 25.4 Å². The molecule has 0 aromatic carbocycles. The van der Waals surface area contributed by atoms with E-state index >= 15 is 0 Å². The molecular weight excluding hydrogens is 308 g/mol. The second-order valence-electron chi connectivity index (χ2n) is 5.54. The lowest BCUT2D eigenvalue weighted by molar-refractivity contribution is -0.173. The van der Waals surface area contributed by atoms with Crippen molar-refractivity contribution in [2.24, 2.45) is 0 Å². The first-order valence-electron chi connectivity index (χ1n) is 7.45. The van der Waals surface area contributed by atoms with E-state index in [0.717, 1.165) is 12.1 Å². The van der Waals surface area contributed by atoms with Crippen molar-refractivity contribution < 1.29 is 18.0 Å². The topological polar surface area (TPSA) is 84.7 Å². The average Bonchev–Trinajstić information content (AvgIpc) is 3.16. The average molecular weight is 328 g/mol. The Bertz CT molecular complexity index is 651. The molecule has 0 spiro atoms. The van der Waals surface area contributed by atoms with Crippen molar-refractivity contribution in [2.45, 2.75) is 32.4 Å². The van der Waals surface area contributed by atoms with E-state index in [1.807, 2.05) is 6.92 Å². The summed E-state index contributed by atoms with van der Waals surface area (Å²) in [5.41, 5.74) is 0.725. The third-order valence-electron chi connectivity index (χ3n) is 3.94. The Morgan fingerprint density at radius 2 is 2.32 bits per heavy atom. The zero-order valence-electron chi connectivity index (χ0n) is 12.5. The first-order chi connectivity index (χ1) is 10.5. The van der Waals surface area contributed by atoms with Gasteiger partial charge in [-0.25, -0.2) is 18.5 Å². The Hall–Kier alpha value is -1.45. The molecule has 8 nitrogen and oxygen atoms in total. The van der Waals surface area contributed by atoms with Gasteiger partial charge < -0.3 is 4.57 Å². The first-order valence-corrected chi connectivity index (χ1v) is 9.06. The largest absolute Gasteiger partial charge is 0.319 e. The van der Waals surface area contributed by atoms with Crippen LogP contribution >= 0.6 is 0 Å². The third-order valence-corrected chi connectivity index (χ3v) is 5.93. The third kappa shape index (κ3) is 2.75. The van der Waals surface area contributed by atoms with Crippen molar-refractivity contribution in [3.63, 3.8) is 0 Å². The van der Waals surface area contributed by atoms with Gasteiger partial charge in [0.1, 0.15) is 6.04 Å². The summed E-state index contributed by atoms with van der Waals surface area (Å²) in [6.45, 7) is 3.28. The summed E-state index contributed by atoms with van der Waals surface area (Å²) in [5, 5.41) is 1.34. The molecule has 1 aromatic heterocycles. The Labute approximate surface area is 129 Å². The lowest BCUT2D eigenvalue weighted by Crippen LogP contribution is -2.47. The van der Waals surface area contributed by atoms with Crippen LogP contribution in [0.1, 0.15) is 31.5 Å². The summed E-state index contributed by atoms with van der Waals surface area (Å²) < 4.78 is 27.8. The number of fused-ring (bicyclic) bond motifs is 1. The van der Waals surface area contributed by atoms with Crippen LogP contribution in [0, 0.1) is 0 Å². The predicted octanol–water partition coefficient (Wildman–Crippen LogP) is 0.143. The number of nitrogens with zero attached hydrogens (tertiary/aromatic N) is 4. The maximum Gasteiger partial charge on any atom is 0.270 e. The normalized spacial score (nSPS) is 22.8. The minimum atomic E-state index is -3.36. The molecule has 0 N–H and O–H groups in total. The highest BCUT2D eigenvalue weighted by atomic mass is 32.2. The van der Waals surface area contributed by atoms with Gasteiger partial charge in [-0.2, -0.15) is 4.31 Å². The fourth-order valence-electron chi connectivity index (χ4n) is 2.84. The van der Waals surface area contributed by atoms with Gasteiger partial charge in [-0.3, -0.25) is 9.63 Å². The van der Waals surface area contributed by atoms with E-state index in [0.29, 0.717) is 19.6 Å². The van der Waals surface area contributed by atoms with Crippen LogP contribution in [0.4, 0.5) is 0 Å².